The first-order chi connectivity index (χ1) is 12.8. The van der Waals surface area contributed by atoms with Crippen LogP contribution < -0.4 is 0 Å². The number of carbonyl (C=O) groups excluding carboxylic acids is 2. The van der Waals surface area contributed by atoms with Crippen LogP contribution >= 0.6 is 0 Å². The molecule has 2 aliphatic heterocycles. The summed E-state index contributed by atoms with van der Waals surface area (Å²) in [6, 6.07) is -0.484. The fraction of sp³-hybridized carbons (Fsp3) is 0.714. The fourth-order valence-electron chi connectivity index (χ4n) is 3.84. The van der Waals surface area contributed by atoms with Crippen LogP contribution in [0.5, 0.6) is 0 Å². The maximum Gasteiger partial charge on any atom is 0.417 e. The summed E-state index contributed by atoms with van der Waals surface area (Å²) >= 11 is 0. The molecule has 2 saturated heterocycles. The van der Waals surface area contributed by atoms with Crippen molar-refractivity contribution in [1.29, 1.82) is 0 Å². The van der Waals surface area contributed by atoms with Gasteiger partial charge in [-0.3, -0.25) is 4.79 Å². The number of allylic oxidation sites excluding steroid dienone is 2. The van der Waals surface area contributed by atoms with Crippen molar-refractivity contribution in [2.45, 2.75) is 83.8 Å². The van der Waals surface area contributed by atoms with Gasteiger partial charge in [-0.05, 0) is 23.2 Å². The van der Waals surface area contributed by atoms with Crippen LogP contribution in [0.25, 0.3) is 0 Å². The van der Waals surface area contributed by atoms with E-state index in [0.717, 1.165) is 19.3 Å². The Morgan fingerprint density at radius 2 is 1.89 bits per heavy atom. The third-order valence-corrected chi connectivity index (χ3v) is 5.55. The van der Waals surface area contributed by atoms with Gasteiger partial charge in [-0.15, -0.1) is 0 Å². The standard InChI is InChI=1S/C21H31BNO4/c1-5-6-7-8-9-12-23-19(24)17(27-20(23)25)18-22-15-11-10-14(21(2,3)4)13-16(15)26-18/h10-11,13,15-18H,5-9,12H2,1-4H3. The lowest BCUT2D eigenvalue weighted by atomic mass is 9.57. The molecule has 3 rings (SSSR count). The Labute approximate surface area is 163 Å². The number of rotatable bonds is 7. The molecule has 1 radical (unpaired) electrons. The van der Waals surface area contributed by atoms with E-state index < -0.39 is 18.2 Å². The van der Waals surface area contributed by atoms with Crippen LogP contribution in [-0.4, -0.2) is 48.9 Å². The maximum atomic E-state index is 12.7. The third-order valence-electron chi connectivity index (χ3n) is 5.55. The zero-order valence-corrected chi connectivity index (χ0v) is 16.9. The molecule has 0 saturated carbocycles. The Bertz CT molecular complexity index is 637. The lowest BCUT2D eigenvalue weighted by molar-refractivity contribution is -0.133. The molecule has 5 nitrogen and oxygen atoms in total. The Balaban J connectivity index is 1.57. The van der Waals surface area contributed by atoms with Crippen molar-refractivity contribution >= 4 is 19.3 Å². The quantitative estimate of drug-likeness (QED) is 0.500. The van der Waals surface area contributed by atoms with Gasteiger partial charge >= 0.3 is 6.09 Å². The molecule has 0 aromatic heterocycles. The summed E-state index contributed by atoms with van der Waals surface area (Å²) in [5.74, 6) is -0.143. The molecule has 0 bridgehead atoms. The van der Waals surface area contributed by atoms with E-state index in [0.29, 0.717) is 6.54 Å². The summed E-state index contributed by atoms with van der Waals surface area (Å²) in [5, 5.41) is 0. The first-order valence-corrected chi connectivity index (χ1v) is 10.2. The van der Waals surface area contributed by atoms with Crippen molar-refractivity contribution in [3.8, 4) is 0 Å². The number of unbranched alkanes of at least 4 members (excludes halogenated alkanes) is 4. The molecule has 147 valence electrons. The minimum absolute atomic E-state index is 0.0487. The van der Waals surface area contributed by atoms with Crippen LogP contribution in [0.1, 0.15) is 59.8 Å². The van der Waals surface area contributed by atoms with E-state index in [1.54, 1.807) is 0 Å². The van der Waals surface area contributed by atoms with Crippen molar-refractivity contribution in [2.75, 3.05) is 6.54 Å². The van der Waals surface area contributed by atoms with Crippen molar-refractivity contribution in [3.05, 3.63) is 23.8 Å². The second-order valence-corrected chi connectivity index (χ2v) is 8.77. The molecule has 4 atom stereocenters. The number of amides is 2. The minimum Gasteiger partial charge on any atom is -0.434 e. The molecule has 3 aliphatic rings. The van der Waals surface area contributed by atoms with Gasteiger partial charge in [0, 0.05) is 6.54 Å². The van der Waals surface area contributed by atoms with Crippen LogP contribution in [0.2, 0.25) is 5.82 Å². The number of ether oxygens (including phenoxy) is 2. The molecular weight excluding hydrogens is 341 g/mol. The summed E-state index contributed by atoms with van der Waals surface area (Å²) in [6.07, 6.45) is 10.3. The van der Waals surface area contributed by atoms with Crippen LogP contribution in [-0.2, 0) is 14.3 Å². The van der Waals surface area contributed by atoms with Crippen LogP contribution in [0.3, 0.4) is 0 Å². The lowest BCUT2D eigenvalue weighted by Gasteiger charge is -2.27. The van der Waals surface area contributed by atoms with Gasteiger partial charge in [-0.2, -0.15) is 0 Å². The summed E-state index contributed by atoms with van der Waals surface area (Å²) in [5.41, 5.74) is 1.27. The van der Waals surface area contributed by atoms with Gasteiger partial charge in [0.05, 0.1) is 12.1 Å². The smallest absolute Gasteiger partial charge is 0.417 e. The summed E-state index contributed by atoms with van der Waals surface area (Å²) in [4.78, 5) is 26.1. The van der Waals surface area contributed by atoms with Crippen LogP contribution in [0.4, 0.5) is 4.79 Å². The van der Waals surface area contributed by atoms with E-state index >= 15 is 0 Å². The molecule has 4 unspecified atom stereocenters. The molecular formula is C21H31BNO4. The Hall–Kier alpha value is -1.56. The highest BCUT2D eigenvalue weighted by atomic mass is 16.6. The Morgan fingerprint density at radius 1 is 1.15 bits per heavy atom. The van der Waals surface area contributed by atoms with E-state index in [9.17, 15) is 9.59 Å². The van der Waals surface area contributed by atoms with E-state index in [2.05, 4.69) is 45.9 Å². The van der Waals surface area contributed by atoms with E-state index in [1.165, 1.54) is 23.3 Å². The van der Waals surface area contributed by atoms with Gasteiger partial charge in [-0.1, -0.05) is 71.6 Å². The van der Waals surface area contributed by atoms with Crippen molar-refractivity contribution in [2.24, 2.45) is 5.41 Å². The third kappa shape index (κ3) is 4.48. The topological polar surface area (TPSA) is 55.8 Å². The maximum absolute atomic E-state index is 12.7. The molecule has 0 spiro atoms. The van der Waals surface area contributed by atoms with Gasteiger partial charge in [0.15, 0.2) is 7.28 Å². The molecule has 0 aromatic rings. The molecule has 0 aromatic carbocycles. The summed E-state index contributed by atoms with van der Waals surface area (Å²) in [7, 11) is 2.00. The first kappa shape index (κ1) is 20.2. The number of cyclic esters (lactones) is 1. The number of fused-ring (bicyclic) bond motifs is 1. The number of imide groups is 1. The first-order valence-electron chi connectivity index (χ1n) is 10.2. The van der Waals surface area contributed by atoms with E-state index in [1.807, 2.05) is 7.28 Å². The Kier molecular flexibility index (Phi) is 6.14. The molecule has 1 aliphatic carbocycles. The SMILES string of the molecule is CCCCCCCN1C(=O)OC(C2[B]C3C=CC(C(C)(C)C)=CC3O2)C1=O. The number of hydrogen-bond acceptors (Lipinski definition) is 4. The molecule has 2 fully saturated rings. The minimum atomic E-state index is -0.848. The second kappa shape index (κ2) is 8.21. The summed E-state index contributed by atoms with van der Waals surface area (Å²) < 4.78 is 11.5. The largest absolute Gasteiger partial charge is 0.434 e. The molecule has 0 N–H and O–H groups in total. The molecule has 27 heavy (non-hydrogen) atoms. The Morgan fingerprint density at radius 3 is 2.59 bits per heavy atom. The predicted molar refractivity (Wildman–Crippen MR) is 106 cm³/mol. The van der Waals surface area contributed by atoms with Gasteiger partial charge in [-0.25, -0.2) is 9.69 Å². The fourth-order valence-corrected chi connectivity index (χ4v) is 3.84. The van der Waals surface area contributed by atoms with Gasteiger partial charge < -0.3 is 9.47 Å². The highest BCUT2D eigenvalue weighted by Gasteiger charge is 2.50. The zero-order chi connectivity index (χ0) is 19.6. The van der Waals surface area contributed by atoms with Crippen molar-refractivity contribution < 1.29 is 19.1 Å². The monoisotopic (exact) mass is 372 g/mol. The molecule has 2 amide bonds. The van der Waals surface area contributed by atoms with Crippen molar-refractivity contribution in [3.63, 3.8) is 0 Å². The highest BCUT2D eigenvalue weighted by molar-refractivity contribution is 6.42. The van der Waals surface area contributed by atoms with E-state index in [-0.39, 0.29) is 23.2 Å². The average molecular weight is 372 g/mol. The highest BCUT2D eigenvalue weighted by Crippen LogP contribution is 2.39. The molecule has 2 heterocycles. The molecule has 6 heteroatoms. The van der Waals surface area contributed by atoms with Gasteiger partial charge in [0.2, 0.25) is 6.10 Å². The number of nitrogens with zero attached hydrogens (tertiary/aromatic N) is 1. The van der Waals surface area contributed by atoms with Crippen LogP contribution in [0.15, 0.2) is 23.8 Å². The number of carbonyl (C=O) groups is 2. The normalized spacial score (nSPS) is 30.2. The van der Waals surface area contributed by atoms with Gasteiger partial charge in [0.1, 0.15) is 0 Å². The predicted octanol–water partition coefficient (Wildman–Crippen LogP) is 4.06. The lowest BCUT2D eigenvalue weighted by Crippen LogP contribution is -2.39. The average Bonchev–Trinajstić information content (AvgIpc) is 3.15. The van der Waals surface area contributed by atoms with Gasteiger partial charge in [0.25, 0.3) is 5.91 Å². The van der Waals surface area contributed by atoms with Crippen LogP contribution in [0, 0.1) is 5.41 Å². The second-order valence-electron chi connectivity index (χ2n) is 8.77. The summed E-state index contributed by atoms with van der Waals surface area (Å²) in [6.45, 7) is 9.10. The zero-order valence-electron chi connectivity index (χ0n) is 16.9. The van der Waals surface area contributed by atoms with E-state index in [4.69, 9.17) is 9.47 Å². The number of hydrogen-bond donors (Lipinski definition) is 0. The van der Waals surface area contributed by atoms with Crippen molar-refractivity contribution in [1.82, 2.24) is 4.90 Å².